The summed E-state index contributed by atoms with van der Waals surface area (Å²) in [7, 11) is 0. The maximum Gasteiger partial charge on any atom is 0.267 e. The molecule has 19 heavy (non-hydrogen) atoms. The number of hydrogen-bond acceptors (Lipinski definition) is 3. The van der Waals surface area contributed by atoms with Crippen LogP contribution in [0.3, 0.4) is 0 Å². The molecule has 1 heterocycles. The van der Waals surface area contributed by atoms with Crippen molar-refractivity contribution in [2.75, 3.05) is 22.6 Å². The maximum absolute atomic E-state index is 12.0. The van der Waals surface area contributed by atoms with Gasteiger partial charge in [-0.05, 0) is 32.0 Å². The van der Waals surface area contributed by atoms with E-state index in [2.05, 4.69) is 5.32 Å². The van der Waals surface area contributed by atoms with Gasteiger partial charge in [-0.3, -0.25) is 9.59 Å². The predicted molar refractivity (Wildman–Crippen MR) is 73.9 cm³/mol. The number of carbonyl (C=O) groups is 2. The summed E-state index contributed by atoms with van der Waals surface area (Å²) in [4.78, 5) is 24.9. The Morgan fingerprint density at radius 1 is 1.53 bits per heavy atom. The summed E-state index contributed by atoms with van der Waals surface area (Å²) >= 11 is 5.44. The van der Waals surface area contributed by atoms with Crippen LogP contribution in [-0.4, -0.2) is 30.3 Å². The number of alkyl halides is 1. The molecule has 0 aromatic heterocycles. The normalized spacial score (nSPS) is 17.7. The number of benzene rings is 1. The van der Waals surface area contributed by atoms with Gasteiger partial charge in [-0.2, -0.15) is 0 Å². The molecule has 5 nitrogen and oxygen atoms in total. The Morgan fingerprint density at radius 3 is 2.89 bits per heavy atom. The molecule has 1 atom stereocenters. The first-order chi connectivity index (χ1) is 9.06. The highest BCUT2D eigenvalue weighted by Crippen LogP contribution is 2.36. The Kier molecular flexibility index (Phi) is 3.95. The lowest BCUT2D eigenvalue weighted by molar-refractivity contribution is -0.125. The number of nitrogens with zero attached hydrogens (tertiary/aromatic N) is 1. The molecule has 0 aliphatic carbocycles. The summed E-state index contributed by atoms with van der Waals surface area (Å²) in [5.41, 5.74) is 1.26. The van der Waals surface area contributed by atoms with Gasteiger partial charge in [0, 0.05) is 12.2 Å². The van der Waals surface area contributed by atoms with Crippen molar-refractivity contribution in [3.05, 3.63) is 18.2 Å². The third kappa shape index (κ3) is 2.66. The molecular weight excluding hydrogens is 268 g/mol. The fraction of sp³-hybridized carbons (Fsp3) is 0.385. The number of carbonyl (C=O) groups excluding carboxylic acids is 2. The molecule has 2 amide bonds. The predicted octanol–water partition coefficient (Wildman–Crippen LogP) is 2.00. The van der Waals surface area contributed by atoms with Gasteiger partial charge < -0.3 is 15.0 Å². The minimum atomic E-state index is -0.490. The molecule has 0 saturated heterocycles. The Hall–Kier alpha value is -1.75. The standard InChI is InChI=1S/C13H15ClN2O3/c1-3-16-10-6-9(15-12(17)7-14)4-5-11(10)19-8(2)13(16)18/h4-6,8H,3,7H2,1-2H3,(H,15,17). The fourth-order valence-electron chi connectivity index (χ4n) is 2.01. The molecular formula is C13H15ClN2O3. The van der Waals surface area contributed by atoms with Crippen molar-refractivity contribution in [3.8, 4) is 5.75 Å². The molecule has 0 bridgehead atoms. The Bertz CT molecular complexity index is 519. The van der Waals surface area contributed by atoms with E-state index >= 15 is 0 Å². The van der Waals surface area contributed by atoms with Crippen molar-refractivity contribution in [1.82, 2.24) is 0 Å². The first kappa shape index (κ1) is 13.7. The second-order valence-corrected chi connectivity index (χ2v) is 4.47. The van der Waals surface area contributed by atoms with Crippen molar-refractivity contribution in [1.29, 1.82) is 0 Å². The zero-order chi connectivity index (χ0) is 14.0. The number of hydrogen-bond donors (Lipinski definition) is 1. The lowest BCUT2D eigenvalue weighted by atomic mass is 10.1. The van der Waals surface area contributed by atoms with Crippen molar-refractivity contribution in [2.45, 2.75) is 20.0 Å². The molecule has 6 heteroatoms. The molecule has 0 fully saturated rings. The van der Waals surface area contributed by atoms with Crippen LogP contribution < -0.4 is 15.0 Å². The monoisotopic (exact) mass is 282 g/mol. The van der Waals surface area contributed by atoms with E-state index in [0.717, 1.165) is 0 Å². The Balaban J connectivity index is 2.35. The molecule has 2 rings (SSSR count). The average molecular weight is 283 g/mol. The highest BCUT2D eigenvalue weighted by Gasteiger charge is 2.30. The van der Waals surface area contributed by atoms with Crippen molar-refractivity contribution in [2.24, 2.45) is 0 Å². The summed E-state index contributed by atoms with van der Waals surface area (Å²) in [5, 5.41) is 2.65. The third-order valence-electron chi connectivity index (χ3n) is 2.89. The van der Waals surface area contributed by atoms with Crippen LogP contribution in [0.1, 0.15) is 13.8 Å². The summed E-state index contributed by atoms with van der Waals surface area (Å²) in [6.07, 6.45) is -0.490. The number of likely N-dealkylation sites (N-methyl/N-ethyl adjacent to an activating group) is 1. The Morgan fingerprint density at radius 2 is 2.26 bits per heavy atom. The van der Waals surface area contributed by atoms with Crippen LogP contribution in [0.4, 0.5) is 11.4 Å². The van der Waals surface area contributed by atoms with Crippen molar-refractivity contribution >= 4 is 34.8 Å². The van der Waals surface area contributed by atoms with E-state index in [1.165, 1.54) is 0 Å². The second kappa shape index (κ2) is 5.48. The number of amides is 2. The number of halogens is 1. The van der Waals surface area contributed by atoms with Gasteiger partial charge in [0.25, 0.3) is 5.91 Å². The highest BCUT2D eigenvalue weighted by atomic mass is 35.5. The van der Waals surface area contributed by atoms with Gasteiger partial charge in [-0.15, -0.1) is 11.6 Å². The molecule has 1 aliphatic rings. The van der Waals surface area contributed by atoms with Gasteiger partial charge >= 0.3 is 0 Å². The summed E-state index contributed by atoms with van der Waals surface area (Å²) < 4.78 is 5.53. The van der Waals surface area contributed by atoms with E-state index in [9.17, 15) is 9.59 Å². The zero-order valence-electron chi connectivity index (χ0n) is 10.8. The first-order valence-corrected chi connectivity index (χ1v) is 6.58. The van der Waals surface area contributed by atoms with E-state index < -0.39 is 6.10 Å². The lowest BCUT2D eigenvalue weighted by Crippen LogP contribution is -2.44. The first-order valence-electron chi connectivity index (χ1n) is 6.04. The summed E-state index contributed by atoms with van der Waals surface area (Å²) in [6, 6.07) is 5.18. The van der Waals surface area contributed by atoms with Gasteiger partial charge in [0.05, 0.1) is 5.69 Å². The van der Waals surface area contributed by atoms with E-state index in [-0.39, 0.29) is 17.7 Å². The topological polar surface area (TPSA) is 58.6 Å². The molecule has 0 saturated carbocycles. The fourth-order valence-corrected chi connectivity index (χ4v) is 2.07. The van der Waals surface area contributed by atoms with Crippen LogP contribution in [0.2, 0.25) is 0 Å². The zero-order valence-corrected chi connectivity index (χ0v) is 11.5. The van der Waals surface area contributed by atoms with Gasteiger partial charge in [-0.25, -0.2) is 0 Å². The van der Waals surface area contributed by atoms with Gasteiger partial charge in [-0.1, -0.05) is 0 Å². The number of anilines is 2. The van der Waals surface area contributed by atoms with E-state index in [0.29, 0.717) is 23.7 Å². The number of fused-ring (bicyclic) bond motifs is 1. The lowest BCUT2D eigenvalue weighted by Gasteiger charge is -2.32. The minimum absolute atomic E-state index is 0.0872. The van der Waals surface area contributed by atoms with Gasteiger partial charge in [0.1, 0.15) is 11.6 Å². The van der Waals surface area contributed by atoms with Crippen molar-refractivity contribution < 1.29 is 14.3 Å². The summed E-state index contributed by atoms with van der Waals surface area (Å²) in [5.74, 6) is 0.149. The Labute approximate surface area is 116 Å². The smallest absolute Gasteiger partial charge is 0.267 e. The molecule has 102 valence electrons. The average Bonchev–Trinajstić information content (AvgIpc) is 2.40. The second-order valence-electron chi connectivity index (χ2n) is 4.21. The molecule has 1 N–H and O–H groups in total. The van der Waals surface area contributed by atoms with Crippen LogP contribution in [0.25, 0.3) is 0 Å². The van der Waals surface area contributed by atoms with E-state index in [1.807, 2.05) is 6.92 Å². The van der Waals surface area contributed by atoms with E-state index in [1.54, 1.807) is 30.0 Å². The largest absolute Gasteiger partial charge is 0.479 e. The maximum atomic E-state index is 12.0. The minimum Gasteiger partial charge on any atom is -0.479 e. The van der Waals surface area contributed by atoms with Crippen LogP contribution >= 0.6 is 11.6 Å². The molecule has 0 spiro atoms. The number of rotatable bonds is 3. The molecule has 1 aromatic carbocycles. The summed E-state index contributed by atoms with van der Waals surface area (Å²) in [6.45, 7) is 4.16. The quantitative estimate of drug-likeness (QED) is 0.863. The SMILES string of the molecule is CCN1C(=O)C(C)Oc2ccc(NC(=O)CCl)cc21. The highest BCUT2D eigenvalue weighted by molar-refractivity contribution is 6.29. The molecule has 1 unspecified atom stereocenters. The van der Waals surface area contributed by atoms with Crippen LogP contribution in [0.5, 0.6) is 5.75 Å². The molecule has 1 aliphatic heterocycles. The molecule has 1 aromatic rings. The molecule has 0 radical (unpaired) electrons. The van der Waals surface area contributed by atoms with Crippen LogP contribution in [0.15, 0.2) is 18.2 Å². The van der Waals surface area contributed by atoms with Gasteiger partial charge in [0.2, 0.25) is 5.91 Å². The number of ether oxygens (including phenoxy) is 1. The van der Waals surface area contributed by atoms with E-state index in [4.69, 9.17) is 16.3 Å². The van der Waals surface area contributed by atoms with Gasteiger partial charge in [0.15, 0.2) is 6.10 Å². The van der Waals surface area contributed by atoms with Crippen molar-refractivity contribution in [3.63, 3.8) is 0 Å². The number of nitrogens with one attached hydrogen (secondary N) is 1. The van der Waals surface area contributed by atoms with Crippen LogP contribution in [-0.2, 0) is 9.59 Å². The van der Waals surface area contributed by atoms with Crippen LogP contribution in [0, 0.1) is 0 Å². The third-order valence-corrected chi connectivity index (χ3v) is 3.13.